The number of para-hydroxylation sites is 3. The van der Waals surface area contributed by atoms with Gasteiger partial charge >= 0.3 is 0 Å². The van der Waals surface area contributed by atoms with Crippen LogP contribution in [0.2, 0.25) is 0 Å². The number of hydrogen-bond acceptors (Lipinski definition) is 2. The van der Waals surface area contributed by atoms with Crippen LogP contribution in [0.1, 0.15) is 0 Å². The second-order valence-corrected chi connectivity index (χ2v) is 11.2. The Bertz CT molecular complexity index is 2350. The fourth-order valence-corrected chi connectivity index (χ4v) is 6.57. The molecule has 206 valence electrons. The molecule has 8 aromatic rings. The first-order valence-corrected chi connectivity index (χ1v) is 14.9. The van der Waals surface area contributed by atoms with E-state index in [9.17, 15) is 0 Å². The largest absolute Gasteiger partial charge is 0.456 e. The Balaban J connectivity index is 1.12. The van der Waals surface area contributed by atoms with Gasteiger partial charge < -0.3 is 4.74 Å². The van der Waals surface area contributed by atoms with Crippen LogP contribution in [0.3, 0.4) is 0 Å². The minimum absolute atomic E-state index is 0.909. The van der Waals surface area contributed by atoms with Crippen LogP contribution in [-0.4, -0.2) is 9.55 Å². The van der Waals surface area contributed by atoms with Gasteiger partial charge in [0, 0.05) is 22.2 Å². The van der Waals surface area contributed by atoms with Gasteiger partial charge in [0.15, 0.2) is 0 Å². The molecule has 3 nitrogen and oxygen atoms in total. The van der Waals surface area contributed by atoms with Gasteiger partial charge in [-0.25, -0.2) is 4.98 Å². The van der Waals surface area contributed by atoms with Gasteiger partial charge in [-0.15, -0.1) is 0 Å². The van der Waals surface area contributed by atoms with Gasteiger partial charge in [-0.05, 0) is 69.6 Å². The molecule has 0 amide bonds. The summed E-state index contributed by atoms with van der Waals surface area (Å²) in [6.07, 6.45) is 0. The molecule has 3 heteroatoms. The Morgan fingerprint density at radius 3 is 2.09 bits per heavy atom. The first kappa shape index (κ1) is 24.6. The number of benzene rings is 7. The van der Waals surface area contributed by atoms with Crippen LogP contribution >= 0.6 is 0 Å². The maximum absolute atomic E-state index is 6.32. The Morgan fingerprint density at radius 1 is 0.455 bits per heavy atom. The van der Waals surface area contributed by atoms with E-state index in [2.05, 4.69) is 138 Å². The smallest absolute Gasteiger partial charge is 0.145 e. The Labute approximate surface area is 255 Å². The highest BCUT2D eigenvalue weighted by molar-refractivity contribution is 6.09. The number of fused-ring (bicyclic) bond motifs is 3. The normalized spacial score (nSPS) is 11.8. The minimum Gasteiger partial charge on any atom is -0.456 e. The SMILES string of the molecule is c1ccc(-c2nc3ccccc3n2-c2cccc(-c3ccc(-c4ccc5c6c(cccc46)-c4ccccc4O5)cc3)c2)cc1. The van der Waals surface area contributed by atoms with Gasteiger partial charge in [0.25, 0.3) is 0 Å². The van der Waals surface area contributed by atoms with Gasteiger partial charge in [-0.1, -0.05) is 121 Å². The van der Waals surface area contributed by atoms with Crippen molar-refractivity contribution in [2.24, 2.45) is 0 Å². The van der Waals surface area contributed by atoms with Crippen LogP contribution in [0.25, 0.3) is 72.3 Å². The maximum Gasteiger partial charge on any atom is 0.145 e. The highest BCUT2D eigenvalue weighted by Crippen LogP contribution is 2.48. The summed E-state index contributed by atoms with van der Waals surface area (Å²) < 4.78 is 8.58. The van der Waals surface area contributed by atoms with Crippen LogP contribution in [0.5, 0.6) is 11.5 Å². The third kappa shape index (κ3) is 3.87. The van der Waals surface area contributed by atoms with Crippen LogP contribution in [0.4, 0.5) is 0 Å². The van der Waals surface area contributed by atoms with Crippen LogP contribution in [0, 0.1) is 0 Å². The molecule has 0 saturated heterocycles. The first-order chi connectivity index (χ1) is 21.8. The topological polar surface area (TPSA) is 27.1 Å². The summed E-state index contributed by atoms with van der Waals surface area (Å²) in [6, 6.07) is 55.5. The van der Waals surface area contributed by atoms with E-state index in [1.165, 1.54) is 33.0 Å². The van der Waals surface area contributed by atoms with Crippen LogP contribution in [-0.2, 0) is 0 Å². The second kappa shape index (κ2) is 9.82. The van der Waals surface area contributed by atoms with Crippen molar-refractivity contribution in [2.45, 2.75) is 0 Å². The van der Waals surface area contributed by atoms with Crippen LogP contribution < -0.4 is 4.74 Å². The van der Waals surface area contributed by atoms with Gasteiger partial charge in [0.1, 0.15) is 17.3 Å². The molecule has 0 fully saturated rings. The molecule has 1 aliphatic rings. The summed E-state index contributed by atoms with van der Waals surface area (Å²) in [4.78, 5) is 5.02. The molecule has 2 heterocycles. The molecule has 1 aliphatic heterocycles. The van der Waals surface area contributed by atoms with Crippen molar-refractivity contribution in [3.63, 3.8) is 0 Å². The summed E-state index contributed by atoms with van der Waals surface area (Å²) in [7, 11) is 0. The molecule has 9 rings (SSSR count). The lowest BCUT2D eigenvalue weighted by atomic mass is 9.90. The molecule has 0 radical (unpaired) electrons. The standard InChI is InChI=1S/C41H26N2O/c1-2-10-29(11-3-1)41-42-36-17-5-6-18-37(36)43(41)31-13-8-12-30(26-31)27-20-22-28(23-21-27)32-24-25-39-40-34(32)15-9-16-35(40)33-14-4-7-19-38(33)44-39/h1-26H. The van der Waals surface area contributed by atoms with Gasteiger partial charge in [-0.3, -0.25) is 4.57 Å². The summed E-state index contributed by atoms with van der Waals surface area (Å²) in [5, 5.41) is 2.37. The molecular weight excluding hydrogens is 536 g/mol. The van der Waals surface area contributed by atoms with E-state index in [1.807, 2.05) is 24.3 Å². The van der Waals surface area contributed by atoms with Crippen molar-refractivity contribution >= 4 is 21.8 Å². The molecule has 1 aromatic heterocycles. The molecule has 44 heavy (non-hydrogen) atoms. The number of hydrogen-bond donors (Lipinski definition) is 0. The van der Waals surface area contributed by atoms with E-state index >= 15 is 0 Å². The number of aromatic nitrogens is 2. The second-order valence-electron chi connectivity index (χ2n) is 11.2. The molecule has 0 aliphatic carbocycles. The Hall–Kier alpha value is -5.93. The molecular formula is C41H26N2O. The fraction of sp³-hybridized carbons (Fsp3) is 0. The summed E-state index contributed by atoms with van der Waals surface area (Å²) >= 11 is 0. The summed E-state index contributed by atoms with van der Waals surface area (Å²) in [5.41, 5.74) is 11.3. The zero-order valence-corrected chi connectivity index (χ0v) is 23.8. The average molecular weight is 563 g/mol. The van der Waals surface area contributed by atoms with Crippen molar-refractivity contribution in [3.8, 4) is 62.0 Å². The summed E-state index contributed by atoms with van der Waals surface area (Å²) in [5.74, 6) is 2.76. The minimum atomic E-state index is 0.909. The van der Waals surface area contributed by atoms with E-state index < -0.39 is 0 Å². The number of ether oxygens (including phenoxy) is 1. The molecule has 0 N–H and O–H groups in total. The van der Waals surface area contributed by atoms with E-state index in [1.54, 1.807) is 0 Å². The number of imidazole rings is 1. The van der Waals surface area contributed by atoms with E-state index in [0.717, 1.165) is 50.7 Å². The van der Waals surface area contributed by atoms with Crippen molar-refractivity contribution in [1.82, 2.24) is 9.55 Å². The van der Waals surface area contributed by atoms with Crippen molar-refractivity contribution < 1.29 is 4.74 Å². The highest BCUT2D eigenvalue weighted by atomic mass is 16.5. The predicted molar refractivity (Wildman–Crippen MR) is 180 cm³/mol. The fourth-order valence-electron chi connectivity index (χ4n) is 6.57. The van der Waals surface area contributed by atoms with Crippen molar-refractivity contribution in [1.29, 1.82) is 0 Å². The predicted octanol–water partition coefficient (Wildman–Crippen LogP) is 11.0. The molecule has 0 bridgehead atoms. The Kier molecular flexibility index (Phi) is 5.50. The lowest BCUT2D eigenvalue weighted by Gasteiger charge is -2.22. The zero-order chi connectivity index (χ0) is 29.0. The van der Waals surface area contributed by atoms with Crippen LogP contribution in [0.15, 0.2) is 158 Å². The number of rotatable bonds is 4. The van der Waals surface area contributed by atoms with E-state index in [0.29, 0.717) is 0 Å². The third-order valence-electron chi connectivity index (χ3n) is 8.63. The highest BCUT2D eigenvalue weighted by Gasteiger charge is 2.21. The average Bonchev–Trinajstić information content (AvgIpc) is 3.49. The molecule has 0 unspecified atom stereocenters. The van der Waals surface area contributed by atoms with Gasteiger partial charge in [-0.2, -0.15) is 0 Å². The zero-order valence-electron chi connectivity index (χ0n) is 23.8. The first-order valence-electron chi connectivity index (χ1n) is 14.9. The monoisotopic (exact) mass is 562 g/mol. The van der Waals surface area contributed by atoms with Gasteiger partial charge in [0.2, 0.25) is 0 Å². The van der Waals surface area contributed by atoms with E-state index in [-0.39, 0.29) is 0 Å². The lowest BCUT2D eigenvalue weighted by Crippen LogP contribution is -1.98. The van der Waals surface area contributed by atoms with Gasteiger partial charge in [0.05, 0.1) is 11.0 Å². The molecule has 0 atom stereocenters. The molecule has 7 aromatic carbocycles. The Morgan fingerprint density at radius 2 is 1.18 bits per heavy atom. The molecule has 0 saturated carbocycles. The molecule has 0 spiro atoms. The van der Waals surface area contributed by atoms with E-state index in [4.69, 9.17) is 9.72 Å². The summed E-state index contributed by atoms with van der Waals surface area (Å²) in [6.45, 7) is 0. The quantitative estimate of drug-likeness (QED) is 0.213. The third-order valence-corrected chi connectivity index (χ3v) is 8.63. The maximum atomic E-state index is 6.32. The van der Waals surface area contributed by atoms with Crippen molar-refractivity contribution in [2.75, 3.05) is 0 Å². The number of nitrogens with zero attached hydrogens (tertiary/aromatic N) is 2. The van der Waals surface area contributed by atoms with Crippen molar-refractivity contribution in [3.05, 3.63) is 158 Å². The lowest BCUT2D eigenvalue weighted by molar-refractivity contribution is 0.487.